The van der Waals surface area contributed by atoms with Gasteiger partial charge in [0.1, 0.15) is 18.1 Å². The van der Waals surface area contributed by atoms with Gasteiger partial charge < -0.3 is 15.2 Å². The Hall–Kier alpha value is -0.680. The van der Waals surface area contributed by atoms with Crippen LogP contribution in [0.15, 0.2) is 21.5 Å². The van der Waals surface area contributed by atoms with Crippen LogP contribution in [0.5, 0.6) is 11.5 Å². The summed E-state index contributed by atoms with van der Waals surface area (Å²) in [6.07, 6.45) is 0. The zero-order valence-corrected chi connectivity index (χ0v) is 14.4. The summed E-state index contributed by atoms with van der Waals surface area (Å²) >= 11 is 3.08. The van der Waals surface area contributed by atoms with Gasteiger partial charge in [-0.1, -0.05) is 0 Å². The van der Waals surface area contributed by atoms with E-state index in [4.69, 9.17) is 15.2 Å². The van der Waals surface area contributed by atoms with Gasteiger partial charge in [-0.25, -0.2) is 21.9 Å². The van der Waals surface area contributed by atoms with Crippen molar-refractivity contribution in [2.75, 3.05) is 26.3 Å². The third-order valence-electron chi connectivity index (χ3n) is 2.71. The number of hydrogen-bond donors (Lipinski definition) is 2. The average Bonchev–Trinajstić information content (AvgIpc) is 2.44. The first-order chi connectivity index (χ1) is 9.75. The van der Waals surface area contributed by atoms with Crippen molar-refractivity contribution < 1.29 is 26.7 Å². The lowest BCUT2D eigenvalue weighted by molar-refractivity contribution is 0.0170. The van der Waals surface area contributed by atoms with E-state index in [0.29, 0.717) is 12.4 Å². The molecule has 22 heavy (non-hydrogen) atoms. The Morgan fingerprint density at radius 2 is 1.82 bits per heavy atom. The minimum Gasteiger partial charge on any atom is -0.486 e. The molecule has 1 aromatic rings. The molecule has 0 amide bonds. The van der Waals surface area contributed by atoms with Crippen molar-refractivity contribution in [3.8, 4) is 11.5 Å². The fraction of sp³-hybridized carbons (Fsp3) is 0.455. The number of sulfonamides is 1. The number of hydrogen-bond acceptors (Lipinski definition) is 5. The van der Waals surface area contributed by atoms with E-state index in [1.165, 1.54) is 12.1 Å². The standard InChI is InChI=1S/C11H13BrF2N2O4S.ClH/c12-7-3-8-9(20-2-1-19-8)4-10(7)21(17,18)16-6-11(13,14)5-15;/h3-4,16H,1-2,5-6,15H2;1H. The molecule has 3 N–H and O–H groups in total. The summed E-state index contributed by atoms with van der Waals surface area (Å²) in [5.41, 5.74) is 4.86. The molecular weight excluding hydrogens is 410 g/mol. The minimum absolute atomic E-state index is 0. The molecule has 11 heteroatoms. The Bertz CT molecular complexity index is 645. The second-order valence-corrected chi connectivity index (χ2v) is 6.90. The van der Waals surface area contributed by atoms with Crippen LogP contribution >= 0.6 is 28.3 Å². The summed E-state index contributed by atoms with van der Waals surface area (Å²) in [4.78, 5) is -0.209. The number of halogens is 4. The van der Waals surface area contributed by atoms with Gasteiger partial charge in [0.05, 0.1) is 13.1 Å². The number of alkyl halides is 2. The molecule has 126 valence electrons. The van der Waals surface area contributed by atoms with Crippen molar-refractivity contribution in [2.24, 2.45) is 5.73 Å². The molecule has 1 aliphatic rings. The maximum atomic E-state index is 13.1. The largest absolute Gasteiger partial charge is 0.486 e. The minimum atomic E-state index is -4.14. The quantitative estimate of drug-likeness (QED) is 0.749. The summed E-state index contributed by atoms with van der Waals surface area (Å²) in [6, 6.07) is 2.64. The lowest BCUT2D eigenvalue weighted by Crippen LogP contribution is -2.41. The van der Waals surface area contributed by atoms with Gasteiger partial charge in [-0.15, -0.1) is 12.4 Å². The van der Waals surface area contributed by atoms with Crippen molar-refractivity contribution >= 4 is 38.4 Å². The van der Waals surface area contributed by atoms with Crippen LogP contribution in [0.3, 0.4) is 0 Å². The molecule has 0 saturated carbocycles. The van der Waals surface area contributed by atoms with Crippen LogP contribution < -0.4 is 19.9 Å². The molecule has 1 aliphatic heterocycles. The smallest absolute Gasteiger partial charge is 0.273 e. The van der Waals surface area contributed by atoms with Gasteiger partial charge >= 0.3 is 0 Å². The Morgan fingerprint density at radius 3 is 2.36 bits per heavy atom. The number of benzene rings is 1. The zero-order chi connectivity index (χ0) is 15.7. The monoisotopic (exact) mass is 422 g/mol. The summed E-state index contributed by atoms with van der Waals surface area (Å²) in [6.45, 7) is -1.39. The van der Waals surface area contributed by atoms with E-state index in [0.717, 1.165) is 0 Å². The van der Waals surface area contributed by atoms with Crippen molar-refractivity contribution in [2.45, 2.75) is 10.8 Å². The molecule has 0 unspecified atom stereocenters. The van der Waals surface area contributed by atoms with Gasteiger partial charge in [0.25, 0.3) is 5.92 Å². The van der Waals surface area contributed by atoms with Gasteiger partial charge in [-0.05, 0) is 22.0 Å². The molecule has 6 nitrogen and oxygen atoms in total. The van der Waals surface area contributed by atoms with Crippen molar-refractivity contribution in [1.82, 2.24) is 4.72 Å². The first-order valence-corrected chi connectivity index (χ1v) is 8.19. The van der Waals surface area contributed by atoms with Crippen LogP contribution in [0.4, 0.5) is 8.78 Å². The van der Waals surface area contributed by atoms with Gasteiger partial charge in [-0.3, -0.25) is 0 Å². The van der Waals surface area contributed by atoms with Gasteiger partial charge in [0, 0.05) is 10.5 Å². The van der Waals surface area contributed by atoms with E-state index in [1.54, 1.807) is 0 Å². The predicted molar refractivity (Wildman–Crippen MR) is 81.6 cm³/mol. The summed E-state index contributed by atoms with van der Waals surface area (Å²) < 4.78 is 62.9. The molecule has 0 aliphatic carbocycles. The molecule has 0 atom stereocenters. The number of rotatable bonds is 5. The SMILES string of the molecule is Cl.NCC(F)(F)CNS(=O)(=O)c1cc2c(cc1Br)OCCO2. The fourth-order valence-corrected chi connectivity index (χ4v) is 3.70. The molecule has 1 aromatic carbocycles. The Balaban J connectivity index is 0.00000242. The Morgan fingerprint density at radius 1 is 1.27 bits per heavy atom. The first-order valence-electron chi connectivity index (χ1n) is 5.92. The highest BCUT2D eigenvalue weighted by atomic mass is 79.9. The summed E-state index contributed by atoms with van der Waals surface area (Å²) in [5, 5.41) is 0. The van der Waals surface area contributed by atoms with Crippen molar-refractivity contribution in [1.29, 1.82) is 0 Å². The first kappa shape index (κ1) is 19.4. The highest BCUT2D eigenvalue weighted by molar-refractivity contribution is 9.10. The number of nitrogens with one attached hydrogen (secondary N) is 1. The van der Waals surface area contributed by atoms with E-state index in [1.807, 2.05) is 4.72 Å². The van der Waals surface area contributed by atoms with Crippen LogP contribution in [0.25, 0.3) is 0 Å². The number of ether oxygens (including phenoxy) is 2. The van der Waals surface area contributed by atoms with Crippen LogP contribution in [-0.2, 0) is 10.0 Å². The van der Waals surface area contributed by atoms with E-state index in [-0.39, 0.29) is 34.1 Å². The number of fused-ring (bicyclic) bond motifs is 1. The molecule has 0 fully saturated rings. The topological polar surface area (TPSA) is 90.7 Å². The third-order valence-corrected chi connectivity index (χ3v) is 5.07. The van der Waals surface area contributed by atoms with Crippen LogP contribution in [0.2, 0.25) is 0 Å². The molecule has 0 aromatic heterocycles. The fourth-order valence-electron chi connectivity index (χ4n) is 1.60. The maximum Gasteiger partial charge on any atom is 0.273 e. The van der Waals surface area contributed by atoms with Gasteiger partial charge in [0.2, 0.25) is 10.0 Å². The molecule has 0 saturated heterocycles. The van der Waals surface area contributed by atoms with Gasteiger partial charge in [-0.2, -0.15) is 0 Å². The third kappa shape index (κ3) is 4.42. The van der Waals surface area contributed by atoms with E-state index >= 15 is 0 Å². The molecule has 1 heterocycles. The highest BCUT2D eigenvalue weighted by Gasteiger charge is 2.31. The molecule has 0 spiro atoms. The van der Waals surface area contributed by atoms with Crippen LogP contribution in [0, 0.1) is 0 Å². The van der Waals surface area contributed by atoms with Gasteiger partial charge in [0.15, 0.2) is 11.5 Å². The van der Waals surface area contributed by atoms with Crippen molar-refractivity contribution in [3.63, 3.8) is 0 Å². The van der Waals surface area contributed by atoms with Crippen LogP contribution in [0.1, 0.15) is 0 Å². The molecular formula is C11H14BrClF2N2O4S. The maximum absolute atomic E-state index is 13.1. The highest BCUT2D eigenvalue weighted by Crippen LogP contribution is 2.37. The molecule has 0 bridgehead atoms. The van der Waals surface area contributed by atoms with E-state index in [9.17, 15) is 17.2 Å². The predicted octanol–water partition coefficient (Wildman–Crippen LogP) is 1.51. The summed E-state index contributed by atoms with van der Waals surface area (Å²) in [5.74, 6) is -2.68. The van der Waals surface area contributed by atoms with E-state index < -0.39 is 29.0 Å². The lowest BCUT2D eigenvalue weighted by Gasteiger charge is -2.20. The second-order valence-electron chi connectivity index (χ2n) is 4.31. The Labute approximate surface area is 140 Å². The average molecular weight is 424 g/mol. The van der Waals surface area contributed by atoms with E-state index in [2.05, 4.69) is 15.9 Å². The Kier molecular flexibility index (Phi) is 6.39. The lowest BCUT2D eigenvalue weighted by atomic mass is 10.3. The summed E-state index contributed by atoms with van der Waals surface area (Å²) in [7, 11) is -4.14. The molecule has 2 rings (SSSR count). The second kappa shape index (κ2) is 7.26. The number of nitrogens with two attached hydrogens (primary N) is 1. The normalized spacial score (nSPS) is 14.4. The zero-order valence-electron chi connectivity index (χ0n) is 11.1. The molecule has 0 radical (unpaired) electrons. The van der Waals surface area contributed by atoms with Crippen molar-refractivity contribution in [3.05, 3.63) is 16.6 Å². The van der Waals surface area contributed by atoms with Crippen LogP contribution in [-0.4, -0.2) is 40.6 Å².